The molecule has 0 aliphatic carbocycles. The van der Waals surface area contributed by atoms with Crippen molar-refractivity contribution in [1.29, 1.82) is 0 Å². The molecule has 0 radical (unpaired) electrons. The minimum Gasteiger partial charge on any atom is -0.494 e. The first-order valence-electron chi connectivity index (χ1n) is 8.01. The van der Waals surface area contributed by atoms with Gasteiger partial charge in [-0.15, -0.1) is 11.3 Å². The minimum absolute atomic E-state index is 0.00912. The summed E-state index contributed by atoms with van der Waals surface area (Å²) in [6.07, 6.45) is -0.420. The maximum atomic E-state index is 14.3. The van der Waals surface area contributed by atoms with Crippen LogP contribution in [0.5, 0.6) is 5.75 Å². The summed E-state index contributed by atoms with van der Waals surface area (Å²) < 4.78 is 57.9. The molecule has 11 heteroatoms. The number of alkyl halides is 3. The number of nitrogens with zero attached hydrogens (tertiary/aromatic N) is 1. The Kier molecular flexibility index (Phi) is 5.63. The number of hydrogen-bond donors (Lipinski definition) is 1. The highest BCUT2D eigenvalue weighted by atomic mass is 32.2. The van der Waals surface area contributed by atoms with Crippen molar-refractivity contribution in [3.8, 4) is 5.75 Å². The summed E-state index contributed by atoms with van der Waals surface area (Å²) in [7, 11) is 1.25. The third kappa shape index (κ3) is 4.25. The monoisotopic (exact) mass is 447 g/mol. The fraction of sp³-hybridized carbons (Fsp3) is 0.222. The molecule has 1 N–H and O–H groups in total. The quantitative estimate of drug-likeness (QED) is 0.436. The third-order valence-electron chi connectivity index (χ3n) is 4.15. The van der Waals surface area contributed by atoms with E-state index in [1.165, 1.54) is 32.2 Å². The number of rotatable bonds is 5. The fourth-order valence-electron chi connectivity index (χ4n) is 2.99. The average Bonchev–Trinajstić information content (AvgIpc) is 3.15. The van der Waals surface area contributed by atoms with E-state index in [1.54, 1.807) is 0 Å². The molecule has 5 nitrogen and oxygen atoms in total. The summed E-state index contributed by atoms with van der Waals surface area (Å²) in [5.74, 6) is -2.70. The predicted molar refractivity (Wildman–Crippen MR) is 100 cm³/mol. The maximum Gasteiger partial charge on any atom is 0.447 e. The Morgan fingerprint density at radius 2 is 1.97 bits per heavy atom. The van der Waals surface area contributed by atoms with E-state index in [4.69, 9.17) is 4.74 Å². The molecule has 0 saturated heterocycles. The molecule has 0 saturated carbocycles. The molecule has 0 aliphatic heterocycles. The number of carbonyl (C=O) groups excluding carboxylic acids is 1. The average molecular weight is 447 g/mol. The molecule has 2 aromatic heterocycles. The molecule has 0 fully saturated rings. The molecule has 0 amide bonds. The number of carbonyl (C=O) groups is 2. The zero-order valence-electron chi connectivity index (χ0n) is 15.0. The van der Waals surface area contributed by atoms with Crippen LogP contribution in [-0.2, 0) is 11.2 Å². The number of benzene rings is 1. The normalized spacial score (nSPS) is 11.8. The van der Waals surface area contributed by atoms with Crippen molar-refractivity contribution in [3.05, 3.63) is 46.2 Å². The first-order chi connectivity index (χ1) is 13.5. The van der Waals surface area contributed by atoms with Gasteiger partial charge in [-0.3, -0.25) is 14.2 Å². The highest BCUT2D eigenvalue weighted by molar-refractivity contribution is 8.02. The molecule has 0 aliphatic rings. The second kappa shape index (κ2) is 7.71. The summed E-state index contributed by atoms with van der Waals surface area (Å²) in [6, 6.07) is 4.78. The van der Waals surface area contributed by atoms with Crippen LogP contribution in [0.4, 0.5) is 17.6 Å². The number of methoxy groups -OCH3 is 1. The van der Waals surface area contributed by atoms with Crippen LogP contribution in [0.2, 0.25) is 0 Å². The van der Waals surface area contributed by atoms with Crippen LogP contribution >= 0.6 is 23.1 Å². The van der Waals surface area contributed by atoms with E-state index in [0.717, 1.165) is 10.6 Å². The van der Waals surface area contributed by atoms with Gasteiger partial charge in [-0.1, -0.05) is 0 Å². The molecule has 1 aromatic carbocycles. The summed E-state index contributed by atoms with van der Waals surface area (Å²) in [5.41, 5.74) is -3.82. The summed E-state index contributed by atoms with van der Waals surface area (Å²) in [6.45, 7) is 1.50. The molecule has 0 spiro atoms. The minimum atomic E-state index is -4.49. The van der Waals surface area contributed by atoms with Gasteiger partial charge in [0.1, 0.15) is 0 Å². The zero-order valence-corrected chi connectivity index (χ0v) is 16.6. The Morgan fingerprint density at radius 3 is 2.55 bits per heavy atom. The Hall–Kier alpha value is -2.53. The van der Waals surface area contributed by atoms with Gasteiger partial charge in [0.15, 0.2) is 11.6 Å². The number of carboxylic acid groups (broad SMARTS) is 1. The van der Waals surface area contributed by atoms with Gasteiger partial charge in [0.25, 0.3) is 5.91 Å². The molecule has 154 valence electrons. The van der Waals surface area contributed by atoms with Gasteiger partial charge < -0.3 is 9.84 Å². The Labute approximate surface area is 169 Å². The molecule has 3 rings (SSSR count). The van der Waals surface area contributed by atoms with Gasteiger partial charge >= 0.3 is 11.5 Å². The van der Waals surface area contributed by atoms with Crippen molar-refractivity contribution < 1.29 is 37.0 Å². The molecule has 0 bridgehead atoms. The number of hydrogen-bond acceptors (Lipinski definition) is 5. The number of aromatic nitrogens is 1. The van der Waals surface area contributed by atoms with Crippen molar-refractivity contribution in [3.63, 3.8) is 0 Å². The molecular formula is C18H13F4NO4S2. The molecule has 3 aromatic rings. The van der Waals surface area contributed by atoms with Crippen LogP contribution in [0.1, 0.15) is 20.9 Å². The number of fused-ring (bicyclic) bond motifs is 1. The summed E-state index contributed by atoms with van der Waals surface area (Å²) >= 11 is 0.319. The van der Waals surface area contributed by atoms with Gasteiger partial charge in [0.2, 0.25) is 0 Å². The van der Waals surface area contributed by atoms with E-state index < -0.39 is 29.6 Å². The highest BCUT2D eigenvalue weighted by Gasteiger charge is 2.31. The van der Waals surface area contributed by atoms with Gasteiger partial charge in [-0.2, -0.15) is 13.2 Å². The lowest BCUT2D eigenvalue weighted by Crippen LogP contribution is -2.13. The van der Waals surface area contributed by atoms with Gasteiger partial charge in [0.05, 0.1) is 28.1 Å². The van der Waals surface area contributed by atoms with Crippen molar-refractivity contribution in [2.45, 2.75) is 23.1 Å². The summed E-state index contributed by atoms with van der Waals surface area (Å²) in [5, 5.41) is 9.52. The highest BCUT2D eigenvalue weighted by Crippen LogP contribution is 2.41. The van der Waals surface area contributed by atoms with Crippen LogP contribution < -0.4 is 4.74 Å². The first kappa shape index (κ1) is 21.2. The van der Waals surface area contributed by atoms with E-state index in [-0.39, 0.29) is 37.8 Å². The number of ether oxygens (including phenoxy) is 1. The molecule has 0 unspecified atom stereocenters. The van der Waals surface area contributed by atoms with Crippen LogP contribution in [0, 0.1) is 12.7 Å². The number of thioether (sulfide) groups is 1. The number of halogens is 4. The number of carboxylic acids is 1. The Morgan fingerprint density at radius 1 is 1.28 bits per heavy atom. The van der Waals surface area contributed by atoms with Gasteiger partial charge in [-0.05, 0) is 42.4 Å². The van der Waals surface area contributed by atoms with Crippen LogP contribution in [-0.4, -0.2) is 34.2 Å². The molecule has 2 heterocycles. The van der Waals surface area contributed by atoms with Crippen molar-refractivity contribution >= 4 is 45.9 Å². The largest absolute Gasteiger partial charge is 0.494 e. The molecule has 0 atom stereocenters. The Balaban J connectivity index is 2.15. The van der Waals surface area contributed by atoms with Crippen molar-refractivity contribution in [2.75, 3.05) is 7.11 Å². The van der Waals surface area contributed by atoms with E-state index in [9.17, 15) is 32.3 Å². The second-order valence-electron chi connectivity index (χ2n) is 5.95. The van der Waals surface area contributed by atoms with E-state index in [0.29, 0.717) is 22.3 Å². The first-order valence-corrected chi connectivity index (χ1v) is 9.64. The van der Waals surface area contributed by atoms with E-state index in [2.05, 4.69) is 0 Å². The fourth-order valence-corrected chi connectivity index (χ4v) is 4.74. The van der Waals surface area contributed by atoms with Gasteiger partial charge in [0, 0.05) is 17.1 Å². The third-order valence-corrected chi connectivity index (χ3v) is 6.08. The standard InChI is InChI=1S/C18H13F4NO4S2/c1-8-9(6-15(24)25)10-5-13(27-2)11(19)7-12(10)23(8)17(26)14-3-4-16(28-14)29-18(20,21)22/h3-5,7H,6H2,1-2H3,(H,24,25). The molecular weight excluding hydrogens is 434 g/mol. The van der Waals surface area contributed by atoms with E-state index >= 15 is 0 Å². The summed E-state index contributed by atoms with van der Waals surface area (Å²) in [4.78, 5) is 24.3. The number of thiophene rings is 1. The maximum absolute atomic E-state index is 14.3. The van der Waals surface area contributed by atoms with Gasteiger partial charge in [-0.25, -0.2) is 4.39 Å². The van der Waals surface area contributed by atoms with E-state index in [1.807, 2.05) is 0 Å². The van der Waals surface area contributed by atoms with Crippen molar-refractivity contribution in [2.24, 2.45) is 0 Å². The van der Waals surface area contributed by atoms with Crippen LogP contribution in [0.15, 0.2) is 28.5 Å². The topological polar surface area (TPSA) is 68.5 Å². The van der Waals surface area contributed by atoms with Crippen LogP contribution in [0.3, 0.4) is 0 Å². The lowest BCUT2D eigenvalue weighted by molar-refractivity contribution is -0.136. The zero-order chi connectivity index (χ0) is 21.5. The second-order valence-corrected chi connectivity index (χ2v) is 8.39. The van der Waals surface area contributed by atoms with Crippen LogP contribution in [0.25, 0.3) is 10.9 Å². The number of aliphatic carboxylic acids is 1. The molecule has 29 heavy (non-hydrogen) atoms. The SMILES string of the molecule is COc1cc2c(CC(=O)O)c(C)n(C(=O)c3ccc(SC(F)(F)F)s3)c2cc1F. The lowest BCUT2D eigenvalue weighted by atomic mass is 10.1. The smallest absolute Gasteiger partial charge is 0.447 e. The van der Waals surface area contributed by atoms with Crippen molar-refractivity contribution in [1.82, 2.24) is 4.57 Å². The Bertz CT molecular complexity index is 1120. The lowest BCUT2D eigenvalue weighted by Gasteiger charge is -2.07. The predicted octanol–water partition coefficient (Wildman–Crippen LogP) is 5.09.